The van der Waals surface area contributed by atoms with Crippen molar-refractivity contribution in [1.82, 2.24) is 14.9 Å². The van der Waals surface area contributed by atoms with E-state index in [1.54, 1.807) is 17.7 Å². The van der Waals surface area contributed by atoms with Crippen molar-refractivity contribution in [3.8, 4) is 0 Å². The number of fused-ring (bicyclic) bond motifs is 1. The first kappa shape index (κ1) is 14.9. The maximum atomic E-state index is 4.38. The fourth-order valence-electron chi connectivity index (χ4n) is 2.47. The summed E-state index contributed by atoms with van der Waals surface area (Å²) in [4.78, 5) is 12.0. The van der Waals surface area contributed by atoms with E-state index in [-0.39, 0.29) is 0 Å². The minimum Gasteiger partial charge on any atom is -0.368 e. The van der Waals surface area contributed by atoms with Crippen molar-refractivity contribution in [2.45, 2.75) is 12.5 Å². The van der Waals surface area contributed by atoms with E-state index in [0.29, 0.717) is 6.04 Å². The summed E-state index contributed by atoms with van der Waals surface area (Å²) in [5, 5.41) is 6.64. The molecule has 0 aliphatic heterocycles. The van der Waals surface area contributed by atoms with E-state index in [1.807, 2.05) is 0 Å². The Morgan fingerprint density at radius 1 is 1.14 bits per heavy atom. The van der Waals surface area contributed by atoms with Crippen molar-refractivity contribution < 1.29 is 0 Å². The number of nitrogens with zero attached hydrogens (tertiary/aromatic N) is 3. The molecule has 2 aromatic heterocycles. The van der Waals surface area contributed by atoms with E-state index in [1.165, 1.54) is 5.56 Å². The summed E-state index contributed by atoms with van der Waals surface area (Å²) in [5.74, 6) is 0.922. The van der Waals surface area contributed by atoms with Crippen LogP contribution in [0.1, 0.15) is 5.56 Å². The monoisotopic (exact) mass is 312 g/mol. The summed E-state index contributed by atoms with van der Waals surface area (Å²) in [6.45, 7) is 0.851. The molecule has 1 atom stereocenters. The van der Waals surface area contributed by atoms with Gasteiger partial charge in [-0.25, -0.2) is 9.97 Å². The van der Waals surface area contributed by atoms with Gasteiger partial charge in [-0.05, 0) is 37.5 Å². The molecule has 0 saturated heterocycles. The lowest BCUT2D eigenvalue weighted by Crippen LogP contribution is -2.36. The second-order valence-corrected chi connectivity index (χ2v) is 6.44. The van der Waals surface area contributed by atoms with Crippen molar-refractivity contribution in [3.63, 3.8) is 0 Å². The predicted molar refractivity (Wildman–Crippen MR) is 93.5 cm³/mol. The molecule has 0 amide bonds. The van der Waals surface area contributed by atoms with E-state index in [4.69, 9.17) is 0 Å². The molecule has 114 valence electrons. The average molecular weight is 312 g/mol. The zero-order valence-electron chi connectivity index (χ0n) is 12.9. The Kier molecular flexibility index (Phi) is 4.65. The molecular formula is C17H20N4S. The second-order valence-electron chi connectivity index (χ2n) is 5.55. The zero-order chi connectivity index (χ0) is 15.4. The van der Waals surface area contributed by atoms with E-state index in [9.17, 15) is 0 Å². The van der Waals surface area contributed by atoms with Gasteiger partial charge in [-0.1, -0.05) is 30.3 Å². The molecule has 5 heteroatoms. The number of hydrogen-bond donors (Lipinski definition) is 1. The minimum absolute atomic E-state index is 0.408. The summed E-state index contributed by atoms with van der Waals surface area (Å²) in [5.41, 5.74) is 1.35. The number of aromatic nitrogens is 2. The Balaban J connectivity index is 1.70. The molecule has 2 heterocycles. The van der Waals surface area contributed by atoms with Crippen molar-refractivity contribution in [3.05, 3.63) is 53.7 Å². The standard InChI is InChI=1S/C17H20N4S/c1-21(2)14(10-13-6-4-3-5-7-13)11-18-16-15-8-9-22-17(15)20-12-19-16/h3-9,12,14H,10-11H2,1-2H3,(H,18,19,20). The molecule has 0 bridgehead atoms. The quantitative estimate of drug-likeness (QED) is 0.758. The largest absolute Gasteiger partial charge is 0.368 e. The van der Waals surface area contributed by atoms with E-state index in [2.05, 4.69) is 76.1 Å². The first-order chi connectivity index (χ1) is 10.7. The van der Waals surface area contributed by atoms with Crippen LogP contribution >= 0.6 is 11.3 Å². The average Bonchev–Trinajstić information content (AvgIpc) is 3.01. The molecule has 1 N–H and O–H groups in total. The fraction of sp³-hybridized carbons (Fsp3) is 0.294. The van der Waals surface area contributed by atoms with Crippen LogP contribution in [0, 0.1) is 0 Å². The van der Waals surface area contributed by atoms with Gasteiger partial charge >= 0.3 is 0 Å². The van der Waals surface area contributed by atoms with Gasteiger partial charge in [0.2, 0.25) is 0 Å². The molecule has 3 rings (SSSR count). The van der Waals surface area contributed by atoms with Crippen molar-refractivity contribution >= 4 is 27.4 Å². The highest BCUT2D eigenvalue weighted by atomic mass is 32.1. The Labute approximate surface area is 134 Å². The molecule has 1 unspecified atom stereocenters. The number of thiophene rings is 1. The lowest BCUT2D eigenvalue weighted by atomic mass is 10.1. The van der Waals surface area contributed by atoms with Crippen LogP contribution in [0.25, 0.3) is 10.2 Å². The third kappa shape index (κ3) is 3.43. The summed E-state index contributed by atoms with van der Waals surface area (Å²) >= 11 is 1.64. The highest BCUT2D eigenvalue weighted by Gasteiger charge is 2.13. The minimum atomic E-state index is 0.408. The van der Waals surface area contributed by atoms with Crippen molar-refractivity contribution in [1.29, 1.82) is 0 Å². The molecule has 3 aromatic rings. The maximum Gasteiger partial charge on any atom is 0.138 e. The van der Waals surface area contributed by atoms with Gasteiger partial charge in [-0.3, -0.25) is 0 Å². The maximum absolute atomic E-state index is 4.38. The van der Waals surface area contributed by atoms with Crippen molar-refractivity contribution in [2.75, 3.05) is 26.0 Å². The highest BCUT2D eigenvalue weighted by Crippen LogP contribution is 2.23. The van der Waals surface area contributed by atoms with Crippen LogP contribution in [0.4, 0.5) is 5.82 Å². The van der Waals surface area contributed by atoms with Gasteiger partial charge in [0.05, 0.1) is 5.39 Å². The number of benzene rings is 1. The normalized spacial score (nSPS) is 12.7. The van der Waals surface area contributed by atoms with Crippen molar-refractivity contribution in [2.24, 2.45) is 0 Å². The van der Waals surface area contributed by atoms with Crippen LogP contribution in [-0.2, 0) is 6.42 Å². The summed E-state index contributed by atoms with van der Waals surface area (Å²) in [7, 11) is 4.24. The first-order valence-corrected chi connectivity index (χ1v) is 8.24. The van der Waals surface area contributed by atoms with Gasteiger partial charge in [0, 0.05) is 12.6 Å². The third-order valence-corrected chi connectivity index (χ3v) is 4.63. The zero-order valence-corrected chi connectivity index (χ0v) is 13.7. The topological polar surface area (TPSA) is 41.0 Å². The fourth-order valence-corrected chi connectivity index (χ4v) is 3.20. The second kappa shape index (κ2) is 6.85. The van der Waals surface area contributed by atoms with E-state index < -0.39 is 0 Å². The van der Waals surface area contributed by atoms with Crippen LogP contribution in [0.2, 0.25) is 0 Å². The number of likely N-dealkylation sites (N-methyl/N-ethyl adjacent to an activating group) is 1. The third-order valence-electron chi connectivity index (χ3n) is 3.81. The van der Waals surface area contributed by atoms with Gasteiger partial charge in [0.15, 0.2) is 0 Å². The Morgan fingerprint density at radius 2 is 1.95 bits per heavy atom. The van der Waals surface area contributed by atoms with Gasteiger partial charge < -0.3 is 10.2 Å². The number of anilines is 1. The Hall–Kier alpha value is -1.98. The van der Waals surface area contributed by atoms with Crippen LogP contribution in [0.3, 0.4) is 0 Å². The lowest BCUT2D eigenvalue weighted by Gasteiger charge is -2.25. The molecule has 22 heavy (non-hydrogen) atoms. The lowest BCUT2D eigenvalue weighted by molar-refractivity contribution is 0.303. The number of nitrogens with one attached hydrogen (secondary N) is 1. The Bertz CT molecular complexity index is 724. The van der Waals surface area contributed by atoms with E-state index >= 15 is 0 Å². The SMILES string of the molecule is CN(C)C(CNc1ncnc2sccc12)Cc1ccccc1. The number of hydrogen-bond acceptors (Lipinski definition) is 5. The molecule has 0 radical (unpaired) electrons. The predicted octanol–water partition coefficient (Wildman–Crippen LogP) is 3.28. The summed E-state index contributed by atoms with van der Waals surface area (Å²) in [6.07, 6.45) is 2.64. The highest BCUT2D eigenvalue weighted by molar-refractivity contribution is 7.16. The number of rotatable bonds is 6. The van der Waals surface area contributed by atoms with Gasteiger partial charge in [0.1, 0.15) is 17.0 Å². The molecule has 4 nitrogen and oxygen atoms in total. The molecular weight excluding hydrogens is 292 g/mol. The molecule has 1 aromatic carbocycles. The first-order valence-electron chi connectivity index (χ1n) is 7.36. The van der Waals surface area contributed by atoms with Gasteiger partial charge in [-0.2, -0.15) is 0 Å². The summed E-state index contributed by atoms with van der Waals surface area (Å²) < 4.78 is 0. The molecule has 0 spiro atoms. The van der Waals surface area contributed by atoms with E-state index in [0.717, 1.165) is 29.0 Å². The Morgan fingerprint density at radius 3 is 2.73 bits per heavy atom. The van der Waals surface area contributed by atoms with Crippen LogP contribution in [-0.4, -0.2) is 41.5 Å². The smallest absolute Gasteiger partial charge is 0.138 e. The molecule has 0 fully saturated rings. The molecule has 0 saturated carbocycles. The van der Waals surface area contributed by atoms with Gasteiger partial charge in [-0.15, -0.1) is 11.3 Å². The summed E-state index contributed by atoms with van der Waals surface area (Å²) in [6, 6.07) is 13.1. The van der Waals surface area contributed by atoms with Crippen LogP contribution in [0.5, 0.6) is 0 Å². The molecule has 0 aliphatic carbocycles. The molecule has 0 aliphatic rings. The van der Waals surface area contributed by atoms with Crippen LogP contribution < -0.4 is 5.32 Å². The van der Waals surface area contributed by atoms with Gasteiger partial charge in [0.25, 0.3) is 0 Å². The van der Waals surface area contributed by atoms with Crippen LogP contribution in [0.15, 0.2) is 48.1 Å².